The van der Waals surface area contributed by atoms with Gasteiger partial charge in [-0.25, -0.2) is 12.8 Å². The Morgan fingerprint density at radius 3 is 2.58 bits per heavy atom. The number of ether oxygens (including phenoxy) is 1. The number of hydrogen-bond acceptors (Lipinski definition) is 6. The van der Waals surface area contributed by atoms with Crippen LogP contribution in [0.5, 0.6) is 5.75 Å². The molecule has 1 amide bonds. The van der Waals surface area contributed by atoms with Crippen molar-refractivity contribution in [1.82, 2.24) is 4.90 Å². The number of benzene rings is 3. The molecule has 0 aliphatic carbocycles. The zero-order valence-corrected chi connectivity index (χ0v) is 22.2. The molecular weight excluding hydrogens is 545 g/mol. The average molecular weight is 571 g/mol. The smallest absolute Gasteiger partial charge is 0.387 e. The highest BCUT2D eigenvalue weighted by Crippen LogP contribution is 2.42. The lowest BCUT2D eigenvalue weighted by Crippen LogP contribution is -2.61. The summed E-state index contributed by atoms with van der Waals surface area (Å²) in [6.45, 7) is -0.318. The molecule has 208 valence electrons. The van der Waals surface area contributed by atoms with Crippen LogP contribution in [0, 0.1) is 24.1 Å². The molecule has 40 heavy (non-hydrogen) atoms. The van der Waals surface area contributed by atoms with E-state index in [0.717, 1.165) is 17.7 Å². The molecule has 0 spiro atoms. The molecule has 12 heteroatoms. The Balaban J connectivity index is 1.61. The van der Waals surface area contributed by atoms with Crippen LogP contribution >= 0.6 is 0 Å². The first-order chi connectivity index (χ1) is 19.1. The van der Waals surface area contributed by atoms with Crippen molar-refractivity contribution in [3.63, 3.8) is 0 Å². The molecule has 2 aliphatic rings. The van der Waals surface area contributed by atoms with Gasteiger partial charge in [0, 0.05) is 25.7 Å². The third-order valence-corrected chi connectivity index (χ3v) is 8.78. The lowest BCUT2D eigenvalue weighted by molar-refractivity contribution is -0.130. The number of piperazine rings is 1. The van der Waals surface area contributed by atoms with Gasteiger partial charge in [-0.15, -0.1) is 0 Å². The molecule has 5 rings (SSSR count). The molecule has 0 N–H and O–H groups in total. The molecule has 0 bridgehead atoms. The Bertz CT molecular complexity index is 1610. The molecule has 2 heterocycles. The van der Waals surface area contributed by atoms with Crippen molar-refractivity contribution >= 4 is 27.3 Å². The van der Waals surface area contributed by atoms with Gasteiger partial charge in [-0.05, 0) is 60.0 Å². The van der Waals surface area contributed by atoms with Gasteiger partial charge in [-0.2, -0.15) is 14.0 Å². The number of sulfonamides is 1. The van der Waals surface area contributed by atoms with Crippen LogP contribution in [0.25, 0.3) is 11.1 Å². The van der Waals surface area contributed by atoms with Crippen molar-refractivity contribution < 1.29 is 31.1 Å². The molecule has 2 aliphatic heterocycles. The summed E-state index contributed by atoms with van der Waals surface area (Å²) in [5.74, 6) is -1.46. The minimum Gasteiger partial charge on any atom is -0.435 e. The van der Waals surface area contributed by atoms with Gasteiger partial charge in [0.15, 0.2) is 0 Å². The van der Waals surface area contributed by atoms with Crippen molar-refractivity contribution in [3.8, 4) is 22.9 Å². The van der Waals surface area contributed by atoms with Crippen LogP contribution in [-0.2, 0) is 14.8 Å². The van der Waals surface area contributed by atoms with Crippen molar-refractivity contribution in [3.05, 3.63) is 72.0 Å². The number of carbonyl (C=O) groups excluding carboxylic acids is 1. The SMILES string of the molecule is Cc1cccc(S(=O)(=O)N2C[C@@H]3CN(C(=O)CC#N)CCN3c3ccc(-c4cc(F)cc(OC(F)F)c4)cc32)c1. The summed E-state index contributed by atoms with van der Waals surface area (Å²) in [5.41, 5.74) is 2.34. The van der Waals surface area contributed by atoms with Crippen LogP contribution in [0.4, 0.5) is 24.5 Å². The number of rotatable bonds is 6. The van der Waals surface area contributed by atoms with Gasteiger partial charge in [-0.3, -0.25) is 9.10 Å². The third-order valence-electron chi connectivity index (χ3n) is 7.00. The number of carbonyl (C=O) groups is 1. The molecule has 0 unspecified atom stereocenters. The summed E-state index contributed by atoms with van der Waals surface area (Å²) in [4.78, 5) is 16.1. The molecule has 8 nitrogen and oxygen atoms in total. The van der Waals surface area contributed by atoms with E-state index in [-0.39, 0.29) is 47.7 Å². The number of nitrogens with zero attached hydrogens (tertiary/aromatic N) is 4. The molecule has 1 saturated heterocycles. The number of halogens is 3. The van der Waals surface area contributed by atoms with E-state index >= 15 is 0 Å². The Kier molecular flexibility index (Phi) is 7.33. The van der Waals surface area contributed by atoms with E-state index in [4.69, 9.17) is 5.26 Å². The molecule has 3 aromatic rings. The number of aryl methyl sites for hydroxylation is 1. The van der Waals surface area contributed by atoms with Crippen molar-refractivity contribution in [1.29, 1.82) is 5.26 Å². The first-order valence-corrected chi connectivity index (χ1v) is 13.9. The highest BCUT2D eigenvalue weighted by Gasteiger charge is 2.40. The first kappa shape index (κ1) is 27.3. The second kappa shape index (κ2) is 10.7. The van der Waals surface area contributed by atoms with Crippen LogP contribution in [0.1, 0.15) is 12.0 Å². The highest BCUT2D eigenvalue weighted by molar-refractivity contribution is 7.92. The molecular formula is C28H25F3N4O4S. The Morgan fingerprint density at radius 1 is 1.05 bits per heavy atom. The van der Waals surface area contributed by atoms with E-state index in [0.29, 0.717) is 30.0 Å². The minimum absolute atomic E-state index is 0.0198. The predicted octanol–water partition coefficient (Wildman–Crippen LogP) is 4.54. The molecule has 1 fully saturated rings. The summed E-state index contributed by atoms with van der Waals surface area (Å²) in [6, 6.07) is 16.2. The van der Waals surface area contributed by atoms with Crippen LogP contribution in [0.2, 0.25) is 0 Å². The minimum atomic E-state index is -4.07. The fraction of sp³-hybridized carbons (Fsp3) is 0.286. The van der Waals surface area contributed by atoms with Crippen LogP contribution in [0.3, 0.4) is 0 Å². The van der Waals surface area contributed by atoms with Crippen LogP contribution in [-0.4, -0.2) is 58.1 Å². The van der Waals surface area contributed by atoms with Gasteiger partial charge in [0.05, 0.1) is 34.9 Å². The quantitative estimate of drug-likeness (QED) is 0.432. The zero-order valence-electron chi connectivity index (χ0n) is 21.4. The maximum Gasteiger partial charge on any atom is 0.387 e. The maximum absolute atomic E-state index is 14.3. The molecule has 0 saturated carbocycles. The fourth-order valence-electron chi connectivity index (χ4n) is 5.20. The monoisotopic (exact) mass is 570 g/mol. The molecule has 1 atom stereocenters. The van der Waals surface area contributed by atoms with Gasteiger partial charge in [0.2, 0.25) is 5.91 Å². The summed E-state index contributed by atoms with van der Waals surface area (Å²) in [5, 5.41) is 8.96. The Hall–Kier alpha value is -4.24. The van der Waals surface area contributed by atoms with E-state index in [1.54, 1.807) is 48.2 Å². The summed E-state index contributed by atoms with van der Waals surface area (Å²) < 4.78 is 73.6. The largest absolute Gasteiger partial charge is 0.435 e. The number of anilines is 2. The van der Waals surface area contributed by atoms with E-state index in [2.05, 4.69) is 4.74 Å². The van der Waals surface area contributed by atoms with Crippen molar-refractivity contribution in [2.75, 3.05) is 35.4 Å². The number of nitriles is 1. The number of alkyl halides is 2. The number of amides is 1. The van der Waals surface area contributed by atoms with E-state index < -0.39 is 22.5 Å². The van der Waals surface area contributed by atoms with E-state index in [1.807, 2.05) is 11.0 Å². The molecule has 0 aromatic heterocycles. The summed E-state index contributed by atoms with van der Waals surface area (Å²) in [7, 11) is -4.07. The molecule has 3 aromatic carbocycles. The standard InChI is InChI=1S/C28H25F3N4O4S/c1-18-3-2-4-24(11-18)40(37,38)35-17-22-16-33(27(36)7-8-32)9-10-34(22)25-6-5-19(14-26(25)35)20-12-21(29)15-23(13-20)39-28(30)31/h2-6,11-15,22,28H,7,9-10,16-17H2,1H3/t22-/m0/s1. The number of fused-ring (bicyclic) bond motifs is 3. The van der Waals surface area contributed by atoms with Gasteiger partial charge < -0.3 is 14.5 Å². The molecule has 0 radical (unpaired) electrons. The average Bonchev–Trinajstić information content (AvgIpc) is 2.91. The Morgan fingerprint density at radius 2 is 1.85 bits per heavy atom. The van der Waals surface area contributed by atoms with Gasteiger partial charge in [0.1, 0.15) is 18.0 Å². The summed E-state index contributed by atoms with van der Waals surface area (Å²) >= 11 is 0. The highest BCUT2D eigenvalue weighted by atomic mass is 32.2. The fourth-order valence-corrected chi connectivity index (χ4v) is 6.81. The van der Waals surface area contributed by atoms with E-state index in [9.17, 15) is 26.4 Å². The first-order valence-electron chi connectivity index (χ1n) is 12.5. The number of hydrogen-bond donors (Lipinski definition) is 0. The van der Waals surface area contributed by atoms with E-state index in [1.165, 1.54) is 16.4 Å². The lowest BCUT2D eigenvalue weighted by Gasteiger charge is -2.49. The van der Waals surface area contributed by atoms with Gasteiger partial charge in [0.25, 0.3) is 10.0 Å². The van der Waals surface area contributed by atoms with Gasteiger partial charge >= 0.3 is 6.61 Å². The Labute approximate surface area is 229 Å². The zero-order chi connectivity index (χ0) is 28.6. The second-order valence-electron chi connectivity index (χ2n) is 9.63. The topological polar surface area (TPSA) is 94.0 Å². The maximum atomic E-state index is 14.3. The lowest BCUT2D eigenvalue weighted by atomic mass is 10.00. The van der Waals surface area contributed by atoms with Crippen molar-refractivity contribution in [2.45, 2.75) is 30.9 Å². The van der Waals surface area contributed by atoms with Crippen LogP contribution in [0.15, 0.2) is 65.6 Å². The van der Waals surface area contributed by atoms with Gasteiger partial charge in [-0.1, -0.05) is 18.2 Å². The third kappa shape index (κ3) is 5.29. The predicted molar refractivity (Wildman–Crippen MR) is 142 cm³/mol. The summed E-state index contributed by atoms with van der Waals surface area (Å²) in [6.07, 6.45) is -0.261. The normalized spacial score (nSPS) is 16.8. The van der Waals surface area contributed by atoms with Crippen molar-refractivity contribution in [2.24, 2.45) is 0 Å². The van der Waals surface area contributed by atoms with Crippen LogP contribution < -0.4 is 13.9 Å². The second-order valence-corrected chi connectivity index (χ2v) is 11.5.